The zero-order valence-electron chi connectivity index (χ0n) is 7.16. The van der Waals surface area contributed by atoms with E-state index in [2.05, 4.69) is 20.9 Å². The van der Waals surface area contributed by atoms with Gasteiger partial charge in [-0.05, 0) is 18.2 Å². The quantitative estimate of drug-likeness (QED) is 0.560. The number of halogens is 1. The van der Waals surface area contributed by atoms with E-state index in [1.54, 1.807) is 6.34 Å². The maximum atomic E-state index is 4.24. The molecule has 12 heavy (non-hydrogen) atoms. The van der Waals surface area contributed by atoms with Crippen molar-refractivity contribution in [2.75, 3.05) is 14.1 Å². The highest BCUT2D eigenvalue weighted by Gasteiger charge is 1.88. The molecule has 0 atom stereocenters. The van der Waals surface area contributed by atoms with Crippen molar-refractivity contribution in [1.29, 1.82) is 0 Å². The first-order chi connectivity index (χ1) is 5.68. The Morgan fingerprint density at radius 1 is 1.42 bits per heavy atom. The first-order valence-electron chi connectivity index (χ1n) is 3.64. The summed E-state index contributed by atoms with van der Waals surface area (Å²) in [4.78, 5) is 6.14. The van der Waals surface area contributed by atoms with Crippen molar-refractivity contribution in [3.05, 3.63) is 28.7 Å². The van der Waals surface area contributed by atoms with E-state index < -0.39 is 0 Å². The minimum atomic E-state index is 0.957. The molecular weight excluding hydrogens is 216 g/mol. The molecular formula is C9H11BrN2. The van der Waals surface area contributed by atoms with E-state index in [1.165, 1.54) is 0 Å². The maximum Gasteiger partial charge on any atom is 0.0907 e. The summed E-state index contributed by atoms with van der Waals surface area (Å²) in [6.07, 6.45) is 1.78. The summed E-state index contributed by atoms with van der Waals surface area (Å²) < 4.78 is 1.05. The second-order valence-corrected chi connectivity index (χ2v) is 3.60. The molecule has 0 saturated carbocycles. The van der Waals surface area contributed by atoms with E-state index in [4.69, 9.17) is 0 Å². The number of rotatable bonds is 2. The molecule has 0 spiro atoms. The second kappa shape index (κ2) is 4.26. The standard InChI is InChI=1S/C9H11BrN2/c1-12(2)7-11-9-5-3-4-8(10)6-9/h3-7H,1-2H3. The van der Waals surface area contributed by atoms with E-state index in [-0.39, 0.29) is 0 Å². The molecule has 2 nitrogen and oxygen atoms in total. The number of nitrogens with zero attached hydrogens (tertiary/aromatic N) is 2. The minimum Gasteiger partial charge on any atom is -0.369 e. The lowest BCUT2D eigenvalue weighted by molar-refractivity contribution is 0.643. The van der Waals surface area contributed by atoms with E-state index in [0.717, 1.165) is 10.2 Å². The molecule has 1 aromatic carbocycles. The first kappa shape index (κ1) is 9.26. The average molecular weight is 227 g/mol. The Morgan fingerprint density at radius 3 is 2.75 bits per heavy atom. The van der Waals surface area contributed by atoms with Crippen LogP contribution in [-0.2, 0) is 0 Å². The molecule has 0 saturated heterocycles. The van der Waals surface area contributed by atoms with Gasteiger partial charge in [0.1, 0.15) is 0 Å². The summed E-state index contributed by atoms with van der Waals surface area (Å²) in [7, 11) is 3.89. The molecule has 0 aromatic heterocycles. The normalized spacial score (nSPS) is 10.6. The van der Waals surface area contributed by atoms with Crippen LogP contribution in [-0.4, -0.2) is 25.3 Å². The molecule has 0 N–H and O–H groups in total. The number of aliphatic imine (C=N–C) groups is 1. The third kappa shape index (κ3) is 3.05. The fourth-order valence-electron chi connectivity index (χ4n) is 0.739. The molecule has 3 heteroatoms. The summed E-state index contributed by atoms with van der Waals surface area (Å²) in [5.74, 6) is 0. The molecule has 0 aliphatic rings. The van der Waals surface area contributed by atoms with Crippen LogP contribution in [0.3, 0.4) is 0 Å². The molecule has 1 rings (SSSR count). The van der Waals surface area contributed by atoms with Crippen LogP contribution >= 0.6 is 15.9 Å². The number of hydrogen-bond acceptors (Lipinski definition) is 1. The SMILES string of the molecule is CN(C)C=Nc1cccc(Br)c1. The lowest BCUT2D eigenvalue weighted by atomic mass is 10.3. The van der Waals surface area contributed by atoms with Crippen LogP contribution in [0.5, 0.6) is 0 Å². The van der Waals surface area contributed by atoms with E-state index in [9.17, 15) is 0 Å². The van der Waals surface area contributed by atoms with Crippen LogP contribution in [0.4, 0.5) is 5.69 Å². The third-order valence-electron chi connectivity index (χ3n) is 1.25. The zero-order chi connectivity index (χ0) is 8.97. The number of hydrogen-bond donors (Lipinski definition) is 0. The molecule has 0 heterocycles. The Morgan fingerprint density at radius 2 is 2.17 bits per heavy atom. The highest BCUT2D eigenvalue weighted by Crippen LogP contribution is 2.17. The van der Waals surface area contributed by atoms with Gasteiger partial charge in [-0.15, -0.1) is 0 Å². The van der Waals surface area contributed by atoms with Gasteiger partial charge in [0.05, 0.1) is 12.0 Å². The monoisotopic (exact) mass is 226 g/mol. The summed E-state index contributed by atoms with van der Waals surface area (Å²) >= 11 is 3.38. The molecule has 0 radical (unpaired) electrons. The lowest BCUT2D eigenvalue weighted by Gasteiger charge is -2.01. The van der Waals surface area contributed by atoms with E-state index in [1.807, 2.05) is 43.3 Å². The minimum absolute atomic E-state index is 0.957. The molecule has 0 aliphatic carbocycles. The highest BCUT2D eigenvalue weighted by atomic mass is 79.9. The van der Waals surface area contributed by atoms with Gasteiger partial charge < -0.3 is 4.90 Å². The summed E-state index contributed by atoms with van der Waals surface area (Å²) in [5.41, 5.74) is 0.957. The van der Waals surface area contributed by atoms with Crippen LogP contribution in [0.1, 0.15) is 0 Å². The predicted molar refractivity (Wildman–Crippen MR) is 56.0 cm³/mol. The largest absolute Gasteiger partial charge is 0.369 e. The first-order valence-corrected chi connectivity index (χ1v) is 4.44. The van der Waals surface area contributed by atoms with Crippen LogP contribution in [0.15, 0.2) is 33.7 Å². The molecule has 0 aliphatic heterocycles. The molecule has 64 valence electrons. The van der Waals surface area contributed by atoms with Gasteiger partial charge in [-0.1, -0.05) is 22.0 Å². The lowest BCUT2D eigenvalue weighted by Crippen LogP contribution is -2.06. The smallest absolute Gasteiger partial charge is 0.0907 e. The van der Waals surface area contributed by atoms with Crippen molar-refractivity contribution in [3.63, 3.8) is 0 Å². The summed E-state index contributed by atoms with van der Waals surface area (Å²) in [6.45, 7) is 0. The topological polar surface area (TPSA) is 15.6 Å². The fourth-order valence-corrected chi connectivity index (χ4v) is 1.13. The van der Waals surface area contributed by atoms with Crippen molar-refractivity contribution in [2.45, 2.75) is 0 Å². The van der Waals surface area contributed by atoms with Gasteiger partial charge in [0.2, 0.25) is 0 Å². The van der Waals surface area contributed by atoms with Crippen LogP contribution < -0.4 is 0 Å². The van der Waals surface area contributed by atoms with Crippen LogP contribution in [0, 0.1) is 0 Å². The zero-order valence-corrected chi connectivity index (χ0v) is 8.75. The molecule has 0 fully saturated rings. The van der Waals surface area contributed by atoms with Crippen LogP contribution in [0.25, 0.3) is 0 Å². The van der Waals surface area contributed by atoms with Crippen LogP contribution in [0.2, 0.25) is 0 Å². The van der Waals surface area contributed by atoms with Crippen molar-refractivity contribution in [1.82, 2.24) is 4.90 Å². The van der Waals surface area contributed by atoms with E-state index in [0.29, 0.717) is 0 Å². The van der Waals surface area contributed by atoms with Crippen molar-refractivity contribution >= 4 is 28.0 Å². The van der Waals surface area contributed by atoms with Gasteiger partial charge in [-0.2, -0.15) is 0 Å². The molecule has 1 aromatic rings. The average Bonchev–Trinajstić information content (AvgIpc) is 2.01. The molecule has 0 amide bonds. The fraction of sp³-hybridized carbons (Fsp3) is 0.222. The second-order valence-electron chi connectivity index (χ2n) is 2.69. The van der Waals surface area contributed by atoms with E-state index >= 15 is 0 Å². The van der Waals surface area contributed by atoms with Gasteiger partial charge >= 0.3 is 0 Å². The Balaban J connectivity index is 2.76. The van der Waals surface area contributed by atoms with Gasteiger partial charge in [-0.25, -0.2) is 4.99 Å². The summed E-state index contributed by atoms with van der Waals surface area (Å²) in [5, 5.41) is 0. The van der Waals surface area contributed by atoms with Gasteiger partial charge in [0, 0.05) is 18.6 Å². The Bertz CT molecular complexity index is 282. The summed E-state index contributed by atoms with van der Waals surface area (Å²) in [6, 6.07) is 7.88. The third-order valence-corrected chi connectivity index (χ3v) is 1.74. The van der Waals surface area contributed by atoms with Crippen molar-refractivity contribution in [3.8, 4) is 0 Å². The number of benzene rings is 1. The van der Waals surface area contributed by atoms with Crippen molar-refractivity contribution < 1.29 is 0 Å². The highest BCUT2D eigenvalue weighted by molar-refractivity contribution is 9.10. The van der Waals surface area contributed by atoms with Gasteiger partial charge in [0.25, 0.3) is 0 Å². The van der Waals surface area contributed by atoms with Crippen molar-refractivity contribution in [2.24, 2.45) is 4.99 Å². The Labute approximate surface area is 81.0 Å². The molecule has 0 bridgehead atoms. The maximum absolute atomic E-state index is 4.24. The predicted octanol–water partition coefficient (Wildman–Crippen LogP) is 2.67. The Hall–Kier alpha value is -0.830. The van der Waals surface area contributed by atoms with Gasteiger partial charge in [0.15, 0.2) is 0 Å². The molecule has 0 unspecified atom stereocenters. The van der Waals surface area contributed by atoms with Gasteiger partial charge in [-0.3, -0.25) is 0 Å². The Kier molecular flexibility index (Phi) is 3.29.